The van der Waals surface area contributed by atoms with Crippen molar-refractivity contribution in [2.24, 2.45) is 0 Å². The number of fused-ring (bicyclic) bond motifs is 3. The molecule has 5 rings (SSSR count). The number of hydrogen-bond acceptors (Lipinski definition) is 2. The van der Waals surface area contributed by atoms with Crippen LogP contribution in [0.2, 0.25) is 0 Å². The van der Waals surface area contributed by atoms with Crippen LogP contribution in [0.5, 0.6) is 0 Å². The summed E-state index contributed by atoms with van der Waals surface area (Å²) in [5, 5.41) is 1.43. The summed E-state index contributed by atoms with van der Waals surface area (Å²) in [7, 11) is 0. The Hall–Kier alpha value is -1.81. The molecule has 3 heterocycles. The van der Waals surface area contributed by atoms with E-state index in [1.165, 1.54) is 53.4 Å². The van der Waals surface area contributed by atoms with Gasteiger partial charge in [-0.05, 0) is 69.8 Å². The largest absolute Gasteiger partial charge is 0.341 e. The van der Waals surface area contributed by atoms with Crippen molar-refractivity contribution in [3.8, 4) is 0 Å². The van der Waals surface area contributed by atoms with Gasteiger partial charge in [0.2, 0.25) is 5.91 Å². The minimum Gasteiger partial charge on any atom is -0.341 e. The smallest absolute Gasteiger partial charge is 0.237 e. The van der Waals surface area contributed by atoms with Gasteiger partial charge in [-0.25, -0.2) is 0 Å². The Morgan fingerprint density at radius 1 is 1.08 bits per heavy atom. The van der Waals surface area contributed by atoms with Crippen LogP contribution in [-0.2, 0) is 17.8 Å². The summed E-state index contributed by atoms with van der Waals surface area (Å²) in [6.07, 6.45) is 7.28. The van der Waals surface area contributed by atoms with Crippen LogP contribution in [0.4, 0.5) is 0 Å². The molecule has 1 atom stereocenters. The number of amides is 1. The minimum atomic E-state index is 0.289. The molecule has 138 valence electrons. The van der Waals surface area contributed by atoms with Crippen LogP contribution in [0.3, 0.4) is 0 Å². The van der Waals surface area contributed by atoms with Gasteiger partial charge in [0.1, 0.15) is 0 Å². The Bertz CT molecular complexity index is 847. The molecule has 2 aliphatic heterocycles. The van der Waals surface area contributed by atoms with Crippen molar-refractivity contribution in [3.05, 3.63) is 35.0 Å². The lowest BCUT2D eigenvalue weighted by atomic mass is 9.89. The highest BCUT2D eigenvalue weighted by molar-refractivity contribution is 5.88. The zero-order chi connectivity index (χ0) is 17.7. The maximum atomic E-state index is 13.1. The van der Waals surface area contributed by atoms with E-state index in [0.717, 1.165) is 39.0 Å². The van der Waals surface area contributed by atoms with E-state index in [-0.39, 0.29) is 6.04 Å². The van der Waals surface area contributed by atoms with Crippen LogP contribution in [0.15, 0.2) is 18.2 Å². The van der Waals surface area contributed by atoms with Gasteiger partial charge in [0.15, 0.2) is 0 Å². The average molecular weight is 351 g/mol. The third-order valence-corrected chi connectivity index (χ3v) is 6.66. The fourth-order valence-corrected chi connectivity index (χ4v) is 5.42. The van der Waals surface area contributed by atoms with Crippen LogP contribution in [0.1, 0.15) is 55.0 Å². The molecular formula is C22H29N3O. The Labute approximate surface area is 155 Å². The highest BCUT2D eigenvalue weighted by Crippen LogP contribution is 2.42. The normalized spacial score (nSPS) is 23.3. The van der Waals surface area contributed by atoms with Crippen molar-refractivity contribution < 1.29 is 4.79 Å². The molecule has 1 aromatic heterocycles. The predicted molar refractivity (Wildman–Crippen MR) is 104 cm³/mol. The molecule has 0 unspecified atom stereocenters. The number of hydrogen-bond donors (Lipinski definition) is 0. The average Bonchev–Trinajstić information content (AvgIpc) is 2.98. The summed E-state index contributed by atoms with van der Waals surface area (Å²) in [4.78, 5) is 17.7. The minimum absolute atomic E-state index is 0.289. The second-order valence-corrected chi connectivity index (χ2v) is 8.37. The molecule has 1 amide bonds. The van der Waals surface area contributed by atoms with Gasteiger partial charge in [-0.2, -0.15) is 0 Å². The second kappa shape index (κ2) is 6.41. The van der Waals surface area contributed by atoms with E-state index in [0.29, 0.717) is 12.5 Å². The standard InChI is InChI=1S/C22H29N3O/c1-16-8-9-19-18(14-16)17-6-5-7-20-22(17)25(19)13-12-24(20)21(26)15-23-10-3-2-4-11-23/h8-9,14,20H,2-7,10-13,15H2,1H3/t20-/m1/s1. The zero-order valence-electron chi connectivity index (χ0n) is 15.8. The Balaban J connectivity index is 1.48. The Kier molecular flexibility index (Phi) is 4.04. The Morgan fingerprint density at radius 3 is 2.77 bits per heavy atom. The fourth-order valence-electron chi connectivity index (χ4n) is 5.42. The van der Waals surface area contributed by atoms with Gasteiger partial charge < -0.3 is 9.47 Å². The fraction of sp³-hybridized carbons (Fsp3) is 0.591. The predicted octanol–water partition coefficient (Wildman–Crippen LogP) is 3.66. The first kappa shape index (κ1) is 16.4. The van der Waals surface area contributed by atoms with E-state index in [2.05, 4.69) is 39.5 Å². The van der Waals surface area contributed by atoms with Crippen molar-refractivity contribution in [2.75, 3.05) is 26.2 Å². The van der Waals surface area contributed by atoms with Gasteiger partial charge >= 0.3 is 0 Å². The van der Waals surface area contributed by atoms with Gasteiger partial charge in [-0.3, -0.25) is 9.69 Å². The number of rotatable bonds is 2. The van der Waals surface area contributed by atoms with E-state index < -0.39 is 0 Å². The molecule has 0 N–H and O–H groups in total. The van der Waals surface area contributed by atoms with E-state index in [4.69, 9.17) is 0 Å². The lowest BCUT2D eigenvalue weighted by Crippen LogP contribution is -2.48. The molecule has 1 aliphatic carbocycles. The molecule has 1 fully saturated rings. The number of aromatic nitrogens is 1. The SMILES string of the molecule is Cc1ccc2c(c1)c1c3n2CCN(C(=O)CN2CCCCC2)[C@@H]3CCC1. The first-order valence-electron chi connectivity index (χ1n) is 10.4. The number of carbonyl (C=O) groups excluding carboxylic acids is 1. The van der Waals surface area contributed by atoms with Gasteiger partial charge in [0.05, 0.1) is 12.6 Å². The number of benzene rings is 1. The number of aryl methyl sites for hydroxylation is 2. The summed E-state index contributed by atoms with van der Waals surface area (Å²) in [5.41, 5.74) is 5.65. The van der Waals surface area contributed by atoms with Gasteiger partial charge in [-0.15, -0.1) is 0 Å². The van der Waals surface area contributed by atoms with E-state index in [1.54, 1.807) is 0 Å². The molecule has 0 spiro atoms. The molecule has 0 bridgehead atoms. The summed E-state index contributed by atoms with van der Waals surface area (Å²) >= 11 is 0. The van der Waals surface area contributed by atoms with Crippen LogP contribution >= 0.6 is 0 Å². The van der Waals surface area contributed by atoms with Crippen LogP contribution in [0.25, 0.3) is 10.9 Å². The molecule has 4 heteroatoms. The second-order valence-electron chi connectivity index (χ2n) is 8.37. The molecular weight excluding hydrogens is 322 g/mol. The maximum absolute atomic E-state index is 13.1. The van der Waals surface area contributed by atoms with Gasteiger partial charge in [0.25, 0.3) is 0 Å². The van der Waals surface area contributed by atoms with Gasteiger partial charge in [-0.1, -0.05) is 18.1 Å². The number of carbonyl (C=O) groups is 1. The van der Waals surface area contributed by atoms with E-state index in [1.807, 2.05) is 0 Å². The van der Waals surface area contributed by atoms with E-state index >= 15 is 0 Å². The number of nitrogens with zero attached hydrogens (tertiary/aromatic N) is 3. The first-order valence-corrected chi connectivity index (χ1v) is 10.4. The molecule has 0 radical (unpaired) electrons. The first-order chi connectivity index (χ1) is 12.7. The zero-order valence-corrected chi connectivity index (χ0v) is 15.8. The van der Waals surface area contributed by atoms with Crippen molar-refractivity contribution in [3.63, 3.8) is 0 Å². The van der Waals surface area contributed by atoms with Crippen molar-refractivity contribution in [1.82, 2.24) is 14.4 Å². The number of piperidine rings is 1. The third kappa shape index (κ3) is 2.58. The van der Waals surface area contributed by atoms with E-state index in [9.17, 15) is 4.79 Å². The third-order valence-electron chi connectivity index (χ3n) is 6.66. The molecule has 2 aromatic rings. The molecule has 3 aliphatic rings. The lowest BCUT2D eigenvalue weighted by Gasteiger charge is -2.41. The lowest BCUT2D eigenvalue weighted by molar-refractivity contribution is -0.136. The monoisotopic (exact) mass is 351 g/mol. The summed E-state index contributed by atoms with van der Waals surface area (Å²) < 4.78 is 2.51. The molecule has 4 nitrogen and oxygen atoms in total. The molecule has 26 heavy (non-hydrogen) atoms. The topological polar surface area (TPSA) is 28.5 Å². The maximum Gasteiger partial charge on any atom is 0.237 e. The van der Waals surface area contributed by atoms with Crippen molar-refractivity contribution in [2.45, 2.75) is 58.0 Å². The molecule has 0 saturated carbocycles. The number of likely N-dealkylation sites (tertiary alicyclic amines) is 1. The molecule has 1 aromatic carbocycles. The summed E-state index contributed by atoms with van der Waals surface area (Å²) in [5.74, 6) is 0.345. The van der Waals surface area contributed by atoms with Crippen LogP contribution in [0, 0.1) is 6.92 Å². The van der Waals surface area contributed by atoms with Crippen molar-refractivity contribution >= 4 is 16.8 Å². The Morgan fingerprint density at radius 2 is 1.92 bits per heavy atom. The van der Waals surface area contributed by atoms with Crippen LogP contribution < -0.4 is 0 Å². The summed E-state index contributed by atoms with van der Waals surface area (Å²) in [6, 6.07) is 7.14. The van der Waals surface area contributed by atoms with Gasteiger partial charge in [0, 0.05) is 29.7 Å². The summed E-state index contributed by atoms with van der Waals surface area (Å²) in [6.45, 7) is 6.78. The highest BCUT2D eigenvalue weighted by atomic mass is 16.2. The highest BCUT2D eigenvalue weighted by Gasteiger charge is 2.37. The quantitative estimate of drug-likeness (QED) is 0.826. The molecule has 1 saturated heterocycles. The van der Waals surface area contributed by atoms with Crippen LogP contribution in [-0.4, -0.2) is 46.5 Å². The van der Waals surface area contributed by atoms with Crippen molar-refractivity contribution in [1.29, 1.82) is 0 Å².